The van der Waals surface area contributed by atoms with Gasteiger partial charge in [-0.05, 0) is 49.3 Å². The van der Waals surface area contributed by atoms with Crippen molar-refractivity contribution in [2.45, 2.75) is 37.7 Å². The quantitative estimate of drug-likeness (QED) is 0.823. The van der Waals surface area contributed by atoms with E-state index in [1.54, 1.807) is 0 Å². The molecular weight excluding hydrogens is 198 g/mol. The highest BCUT2D eigenvalue weighted by Crippen LogP contribution is 2.40. The Balaban J connectivity index is 1.69. The van der Waals surface area contributed by atoms with E-state index in [0.29, 0.717) is 0 Å². The second-order valence-electron chi connectivity index (χ2n) is 5.08. The predicted molar refractivity (Wildman–Crippen MR) is 65.9 cm³/mol. The molecule has 0 spiro atoms. The van der Waals surface area contributed by atoms with Gasteiger partial charge in [-0.15, -0.1) is 0 Å². The molecule has 0 bridgehead atoms. The Morgan fingerprint density at radius 1 is 0.938 bits per heavy atom. The zero-order valence-electron chi connectivity index (χ0n) is 9.60. The zero-order valence-corrected chi connectivity index (χ0v) is 9.60. The first-order valence-electron chi connectivity index (χ1n) is 6.36. The summed E-state index contributed by atoms with van der Waals surface area (Å²) in [7, 11) is 0. The van der Waals surface area contributed by atoms with Gasteiger partial charge in [0.25, 0.3) is 0 Å². The van der Waals surface area contributed by atoms with Crippen LogP contribution in [0.2, 0.25) is 0 Å². The fourth-order valence-electron chi connectivity index (χ4n) is 2.50. The van der Waals surface area contributed by atoms with Crippen molar-refractivity contribution in [1.82, 2.24) is 0 Å². The van der Waals surface area contributed by atoms with E-state index < -0.39 is 0 Å². The Kier molecular flexibility index (Phi) is 2.60. The number of hydrogen-bond acceptors (Lipinski definition) is 2. The first-order valence-corrected chi connectivity index (χ1v) is 6.36. The third kappa shape index (κ3) is 2.07. The monoisotopic (exact) mass is 217 g/mol. The normalized spacial score (nSPS) is 22.4. The van der Waals surface area contributed by atoms with E-state index in [9.17, 15) is 5.11 Å². The van der Waals surface area contributed by atoms with Gasteiger partial charge in [0.05, 0.1) is 6.10 Å². The number of rotatable bonds is 2. The van der Waals surface area contributed by atoms with Gasteiger partial charge in [-0.25, -0.2) is 0 Å². The lowest BCUT2D eigenvalue weighted by Gasteiger charge is -2.31. The largest absolute Gasteiger partial charge is 0.393 e. The molecule has 2 fully saturated rings. The lowest BCUT2D eigenvalue weighted by Crippen LogP contribution is -2.35. The highest BCUT2D eigenvalue weighted by molar-refractivity contribution is 5.48. The number of anilines is 1. The number of aliphatic hydroxyl groups excluding tert-OH is 1. The van der Waals surface area contributed by atoms with Gasteiger partial charge >= 0.3 is 0 Å². The van der Waals surface area contributed by atoms with Crippen molar-refractivity contribution in [3.05, 3.63) is 29.8 Å². The standard InChI is InChI=1S/C14H19NO/c16-14-7-9-15(10-8-14)13-5-3-12(4-6-13)11-1-2-11/h3-6,11,14,16H,1-2,7-10H2. The van der Waals surface area contributed by atoms with E-state index in [1.807, 2.05) is 0 Å². The van der Waals surface area contributed by atoms with Crippen LogP contribution in [0.25, 0.3) is 0 Å². The van der Waals surface area contributed by atoms with Crippen LogP contribution >= 0.6 is 0 Å². The average Bonchev–Trinajstić information content (AvgIpc) is 3.14. The molecule has 1 aliphatic carbocycles. The highest BCUT2D eigenvalue weighted by Gasteiger charge is 2.23. The van der Waals surface area contributed by atoms with Gasteiger partial charge in [-0.2, -0.15) is 0 Å². The molecule has 0 radical (unpaired) electrons. The summed E-state index contributed by atoms with van der Waals surface area (Å²) >= 11 is 0. The molecule has 1 aromatic rings. The highest BCUT2D eigenvalue weighted by atomic mass is 16.3. The van der Waals surface area contributed by atoms with Crippen LogP contribution in [-0.4, -0.2) is 24.3 Å². The summed E-state index contributed by atoms with van der Waals surface area (Å²) in [5.74, 6) is 0.845. The molecule has 2 heteroatoms. The van der Waals surface area contributed by atoms with Gasteiger partial charge in [0, 0.05) is 18.8 Å². The van der Waals surface area contributed by atoms with E-state index >= 15 is 0 Å². The molecule has 1 saturated heterocycles. The molecule has 2 nitrogen and oxygen atoms in total. The van der Waals surface area contributed by atoms with Crippen molar-refractivity contribution in [3.63, 3.8) is 0 Å². The van der Waals surface area contributed by atoms with E-state index in [4.69, 9.17) is 0 Å². The van der Waals surface area contributed by atoms with Crippen LogP contribution < -0.4 is 4.90 Å². The van der Waals surface area contributed by atoms with Gasteiger partial charge in [0.15, 0.2) is 0 Å². The van der Waals surface area contributed by atoms with Crippen molar-refractivity contribution in [1.29, 1.82) is 0 Å². The zero-order chi connectivity index (χ0) is 11.0. The molecule has 1 heterocycles. The molecule has 0 amide bonds. The Labute approximate surface area is 96.9 Å². The SMILES string of the molecule is OC1CCN(c2ccc(C3CC3)cc2)CC1. The maximum Gasteiger partial charge on any atom is 0.0574 e. The number of aliphatic hydroxyl groups is 1. The van der Waals surface area contributed by atoms with Crippen LogP contribution in [0.3, 0.4) is 0 Å². The molecule has 0 unspecified atom stereocenters. The van der Waals surface area contributed by atoms with Gasteiger partial charge in [0.2, 0.25) is 0 Å². The van der Waals surface area contributed by atoms with Crippen LogP contribution in [0.1, 0.15) is 37.2 Å². The summed E-state index contributed by atoms with van der Waals surface area (Å²) < 4.78 is 0. The summed E-state index contributed by atoms with van der Waals surface area (Å²) in [5, 5.41) is 9.47. The van der Waals surface area contributed by atoms with Crippen LogP contribution in [-0.2, 0) is 0 Å². The third-order valence-corrected chi connectivity index (χ3v) is 3.77. The second-order valence-corrected chi connectivity index (χ2v) is 5.08. The molecule has 1 aliphatic heterocycles. The van der Waals surface area contributed by atoms with Crippen LogP contribution in [0.4, 0.5) is 5.69 Å². The molecule has 0 atom stereocenters. The van der Waals surface area contributed by atoms with Crippen molar-refractivity contribution in [2.24, 2.45) is 0 Å². The summed E-state index contributed by atoms with van der Waals surface area (Å²) in [6.45, 7) is 1.98. The van der Waals surface area contributed by atoms with Crippen molar-refractivity contribution in [2.75, 3.05) is 18.0 Å². The average molecular weight is 217 g/mol. The van der Waals surface area contributed by atoms with Gasteiger partial charge in [-0.3, -0.25) is 0 Å². The van der Waals surface area contributed by atoms with Crippen molar-refractivity contribution < 1.29 is 5.11 Å². The summed E-state index contributed by atoms with van der Waals surface area (Å²) in [6, 6.07) is 9.03. The summed E-state index contributed by atoms with van der Waals surface area (Å²) in [6.07, 6.45) is 4.47. The van der Waals surface area contributed by atoms with Crippen LogP contribution in [0.5, 0.6) is 0 Å². The summed E-state index contributed by atoms with van der Waals surface area (Å²) in [4.78, 5) is 2.38. The molecule has 1 aromatic carbocycles. The van der Waals surface area contributed by atoms with Crippen LogP contribution in [0, 0.1) is 0 Å². The first-order chi connectivity index (χ1) is 7.83. The molecular formula is C14H19NO. The summed E-state index contributed by atoms with van der Waals surface area (Å²) in [5.41, 5.74) is 2.82. The molecule has 0 aromatic heterocycles. The Morgan fingerprint density at radius 2 is 1.56 bits per heavy atom. The predicted octanol–water partition coefficient (Wildman–Crippen LogP) is 2.53. The van der Waals surface area contributed by atoms with Crippen molar-refractivity contribution >= 4 is 5.69 Å². The minimum absolute atomic E-state index is 0.0815. The van der Waals surface area contributed by atoms with Gasteiger partial charge < -0.3 is 10.0 Å². The molecule has 1 N–H and O–H groups in total. The van der Waals surface area contributed by atoms with Gasteiger partial charge in [0.1, 0.15) is 0 Å². The van der Waals surface area contributed by atoms with Crippen molar-refractivity contribution in [3.8, 4) is 0 Å². The third-order valence-electron chi connectivity index (χ3n) is 3.77. The number of hydrogen-bond donors (Lipinski definition) is 1. The minimum Gasteiger partial charge on any atom is -0.393 e. The Bertz CT molecular complexity index is 348. The first kappa shape index (κ1) is 10.2. The van der Waals surface area contributed by atoms with E-state index in [-0.39, 0.29) is 6.10 Å². The Hall–Kier alpha value is -1.02. The second kappa shape index (κ2) is 4.10. The van der Waals surface area contributed by atoms with Crippen LogP contribution in [0.15, 0.2) is 24.3 Å². The molecule has 16 heavy (non-hydrogen) atoms. The number of benzene rings is 1. The molecule has 3 rings (SSSR count). The number of piperidine rings is 1. The fourth-order valence-corrected chi connectivity index (χ4v) is 2.50. The number of nitrogens with zero attached hydrogens (tertiary/aromatic N) is 1. The molecule has 2 aliphatic rings. The van der Waals surface area contributed by atoms with E-state index in [0.717, 1.165) is 31.8 Å². The topological polar surface area (TPSA) is 23.5 Å². The molecule has 86 valence electrons. The smallest absolute Gasteiger partial charge is 0.0574 e. The lowest BCUT2D eigenvalue weighted by molar-refractivity contribution is 0.145. The lowest BCUT2D eigenvalue weighted by atomic mass is 10.1. The fraction of sp³-hybridized carbons (Fsp3) is 0.571. The van der Waals surface area contributed by atoms with E-state index in [1.165, 1.54) is 24.1 Å². The van der Waals surface area contributed by atoms with Gasteiger partial charge in [-0.1, -0.05) is 12.1 Å². The maximum atomic E-state index is 9.47. The van der Waals surface area contributed by atoms with E-state index in [2.05, 4.69) is 29.2 Å². The Morgan fingerprint density at radius 3 is 2.12 bits per heavy atom. The minimum atomic E-state index is -0.0815. The molecule has 1 saturated carbocycles. The maximum absolute atomic E-state index is 9.47.